The van der Waals surface area contributed by atoms with Gasteiger partial charge in [-0.05, 0) is 31.0 Å². The zero-order valence-corrected chi connectivity index (χ0v) is 12.4. The van der Waals surface area contributed by atoms with Gasteiger partial charge in [0.1, 0.15) is 5.75 Å². The Hall–Kier alpha value is -1.75. The zero-order chi connectivity index (χ0) is 15.2. The molecule has 1 aromatic rings. The first kappa shape index (κ1) is 15.6. The van der Waals surface area contributed by atoms with Crippen molar-refractivity contribution in [2.24, 2.45) is 0 Å². The van der Waals surface area contributed by atoms with Crippen LogP contribution in [0.15, 0.2) is 18.2 Å². The van der Waals surface area contributed by atoms with Crippen molar-refractivity contribution in [1.82, 2.24) is 4.90 Å². The van der Waals surface area contributed by atoms with Gasteiger partial charge in [0.05, 0.1) is 10.6 Å². The van der Waals surface area contributed by atoms with Crippen LogP contribution in [0.5, 0.6) is 5.75 Å². The Bertz CT molecular complexity index is 524. The molecule has 0 aromatic heterocycles. The predicted octanol–water partition coefficient (Wildman–Crippen LogP) is 2.82. The summed E-state index contributed by atoms with van der Waals surface area (Å²) < 4.78 is 5.41. The molecule has 21 heavy (non-hydrogen) atoms. The van der Waals surface area contributed by atoms with Gasteiger partial charge in [-0.2, -0.15) is 0 Å². The van der Waals surface area contributed by atoms with Crippen molar-refractivity contribution < 1.29 is 19.4 Å². The van der Waals surface area contributed by atoms with E-state index in [-0.39, 0.29) is 23.1 Å². The van der Waals surface area contributed by atoms with E-state index in [0.717, 1.165) is 38.8 Å². The van der Waals surface area contributed by atoms with Gasteiger partial charge < -0.3 is 14.7 Å². The van der Waals surface area contributed by atoms with Crippen LogP contribution in [0.1, 0.15) is 36.0 Å². The molecule has 1 aliphatic rings. The van der Waals surface area contributed by atoms with Crippen LogP contribution in [0.25, 0.3) is 0 Å². The second-order valence-corrected chi connectivity index (χ2v) is 5.44. The summed E-state index contributed by atoms with van der Waals surface area (Å²) in [5, 5.41) is 9.05. The molecule has 2 rings (SSSR count). The number of rotatable bonds is 4. The maximum atomic E-state index is 12.1. The van der Waals surface area contributed by atoms with E-state index in [2.05, 4.69) is 0 Å². The minimum absolute atomic E-state index is 0.0599. The summed E-state index contributed by atoms with van der Waals surface area (Å²) in [4.78, 5) is 24.7. The number of hydrogen-bond acceptors (Lipinski definition) is 3. The molecule has 1 heterocycles. The average Bonchev–Trinajstić information content (AvgIpc) is 2.74. The Morgan fingerprint density at radius 1 is 1.19 bits per heavy atom. The number of hydrogen-bond donors (Lipinski definition) is 1. The Morgan fingerprint density at radius 3 is 2.43 bits per heavy atom. The van der Waals surface area contributed by atoms with Crippen molar-refractivity contribution in [3.8, 4) is 5.75 Å². The highest BCUT2D eigenvalue weighted by atomic mass is 35.5. The van der Waals surface area contributed by atoms with Crippen LogP contribution in [0, 0.1) is 0 Å². The Morgan fingerprint density at radius 2 is 1.86 bits per heavy atom. The van der Waals surface area contributed by atoms with Crippen LogP contribution < -0.4 is 4.74 Å². The van der Waals surface area contributed by atoms with Crippen molar-refractivity contribution in [1.29, 1.82) is 0 Å². The lowest BCUT2D eigenvalue weighted by Gasteiger charge is -2.20. The molecule has 1 saturated heterocycles. The number of carboxylic acids is 1. The maximum Gasteiger partial charge on any atom is 0.335 e. The molecule has 0 saturated carbocycles. The second kappa shape index (κ2) is 7.31. The monoisotopic (exact) mass is 311 g/mol. The van der Waals surface area contributed by atoms with E-state index in [1.807, 2.05) is 4.90 Å². The first-order valence-electron chi connectivity index (χ1n) is 7.01. The van der Waals surface area contributed by atoms with E-state index in [9.17, 15) is 9.59 Å². The van der Waals surface area contributed by atoms with Crippen molar-refractivity contribution in [2.45, 2.75) is 25.7 Å². The third kappa shape index (κ3) is 4.36. The summed E-state index contributed by atoms with van der Waals surface area (Å²) in [6.07, 6.45) is 4.37. The molecule has 1 amide bonds. The lowest BCUT2D eigenvalue weighted by molar-refractivity contribution is -0.133. The molecule has 0 bridgehead atoms. The van der Waals surface area contributed by atoms with Crippen molar-refractivity contribution >= 4 is 23.5 Å². The number of amides is 1. The van der Waals surface area contributed by atoms with Crippen molar-refractivity contribution in [3.05, 3.63) is 28.8 Å². The first-order valence-corrected chi connectivity index (χ1v) is 7.39. The van der Waals surface area contributed by atoms with Crippen LogP contribution in [-0.2, 0) is 4.79 Å². The van der Waals surface area contributed by atoms with Gasteiger partial charge in [-0.3, -0.25) is 4.79 Å². The van der Waals surface area contributed by atoms with Gasteiger partial charge in [-0.25, -0.2) is 4.79 Å². The van der Waals surface area contributed by atoms with E-state index in [0.29, 0.717) is 5.75 Å². The number of aromatic carboxylic acids is 1. The van der Waals surface area contributed by atoms with E-state index in [1.54, 1.807) is 0 Å². The van der Waals surface area contributed by atoms with E-state index < -0.39 is 5.97 Å². The number of benzene rings is 1. The van der Waals surface area contributed by atoms with Crippen LogP contribution in [-0.4, -0.2) is 41.6 Å². The Kier molecular flexibility index (Phi) is 5.44. The van der Waals surface area contributed by atoms with E-state index in [1.165, 1.54) is 18.2 Å². The second-order valence-electron chi connectivity index (χ2n) is 5.03. The van der Waals surface area contributed by atoms with Crippen LogP contribution in [0.4, 0.5) is 0 Å². The number of nitrogens with zero attached hydrogens (tertiary/aromatic N) is 1. The fourth-order valence-corrected chi connectivity index (χ4v) is 2.54. The quantitative estimate of drug-likeness (QED) is 0.928. The topological polar surface area (TPSA) is 66.8 Å². The fourth-order valence-electron chi connectivity index (χ4n) is 2.30. The third-order valence-corrected chi connectivity index (χ3v) is 3.78. The third-order valence-electron chi connectivity index (χ3n) is 3.49. The average molecular weight is 312 g/mol. The number of carbonyl (C=O) groups is 2. The molecule has 1 aliphatic heterocycles. The summed E-state index contributed by atoms with van der Waals surface area (Å²) >= 11 is 5.96. The van der Waals surface area contributed by atoms with Crippen molar-refractivity contribution in [3.63, 3.8) is 0 Å². The summed E-state index contributed by atoms with van der Waals surface area (Å²) in [5.41, 5.74) is 0.0891. The normalized spacial score (nSPS) is 15.4. The predicted molar refractivity (Wildman–Crippen MR) is 79.0 cm³/mol. The van der Waals surface area contributed by atoms with Gasteiger partial charge in [0.25, 0.3) is 5.91 Å². The highest BCUT2D eigenvalue weighted by Gasteiger charge is 2.16. The molecule has 1 aromatic carbocycles. The molecule has 5 nitrogen and oxygen atoms in total. The molecule has 1 fully saturated rings. The van der Waals surface area contributed by atoms with E-state index in [4.69, 9.17) is 21.4 Å². The number of ether oxygens (including phenoxy) is 1. The van der Waals surface area contributed by atoms with Gasteiger partial charge >= 0.3 is 5.97 Å². The smallest absolute Gasteiger partial charge is 0.335 e. The molecule has 0 atom stereocenters. The number of carbonyl (C=O) groups excluding carboxylic acids is 1. The van der Waals surface area contributed by atoms with Crippen LogP contribution in [0.2, 0.25) is 5.02 Å². The fraction of sp³-hybridized carbons (Fsp3) is 0.467. The van der Waals surface area contributed by atoms with Gasteiger partial charge in [-0.1, -0.05) is 24.4 Å². The highest BCUT2D eigenvalue weighted by Crippen LogP contribution is 2.25. The molecule has 0 radical (unpaired) electrons. The molecule has 0 spiro atoms. The SMILES string of the molecule is O=C(O)c1ccc(OCC(=O)N2CCCCCC2)c(Cl)c1. The van der Waals surface area contributed by atoms with Gasteiger partial charge in [0.2, 0.25) is 0 Å². The van der Waals surface area contributed by atoms with Crippen LogP contribution >= 0.6 is 11.6 Å². The molecule has 6 heteroatoms. The van der Waals surface area contributed by atoms with Crippen LogP contribution in [0.3, 0.4) is 0 Å². The highest BCUT2D eigenvalue weighted by molar-refractivity contribution is 6.32. The molecular weight excluding hydrogens is 294 g/mol. The Labute approximate surface area is 128 Å². The minimum atomic E-state index is -1.05. The lowest BCUT2D eigenvalue weighted by Crippen LogP contribution is -2.35. The van der Waals surface area contributed by atoms with Crippen molar-refractivity contribution in [2.75, 3.05) is 19.7 Å². The van der Waals surface area contributed by atoms with E-state index >= 15 is 0 Å². The molecule has 0 unspecified atom stereocenters. The van der Waals surface area contributed by atoms with Gasteiger partial charge in [0, 0.05) is 13.1 Å². The molecular formula is C15H18ClNO4. The summed E-state index contributed by atoms with van der Waals surface area (Å²) in [6, 6.07) is 4.19. The summed E-state index contributed by atoms with van der Waals surface area (Å²) in [5.74, 6) is -0.788. The lowest BCUT2D eigenvalue weighted by atomic mass is 10.2. The van der Waals surface area contributed by atoms with Gasteiger partial charge in [0.15, 0.2) is 6.61 Å². The molecule has 0 aliphatic carbocycles. The molecule has 1 N–H and O–H groups in total. The number of likely N-dealkylation sites (tertiary alicyclic amines) is 1. The summed E-state index contributed by atoms with van der Waals surface area (Å²) in [7, 11) is 0. The maximum absolute atomic E-state index is 12.1. The zero-order valence-electron chi connectivity index (χ0n) is 11.7. The van der Waals surface area contributed by atoms with Gasteiger partial charge in [-0.15, -0.1) is 0 Å². The summed E-state index contributed by atoms with van der Waals surface area (Å²) in [6.45, 7) is 1.47. The number of halogens is 1. The molecule has 114 valence electrons. The first-order chi connectivity index (χ1) is 10.1. The minimum Gasteiger partial charge on any atom is -0.482 e. The Balaban J connectivity index is 1.93. The standard InChI is InChI=1S/C15H18ClNO4/c16-12-9-11(15(19)20)5-6-13(12)21-10-14(18)17-7-3-1-2-4-8-17/h5-6,9H,1-4,7-8,10H2,(H,19,20). The number of carboxylic acid groups (broad SMARTS) is 1. The largest absolute Gasteiger partial charge is 0.482 e.